The van der Waals surface area contributed by atoms with Crippen LogP contribution in [0.3, 0.4) is 0 Å². The van der Waals surface area contributed by atoms with E-state index < -0.39 is 11.1 Å². The molecule has 0 saturated heterocycles. The van der Waals surface area contributed by atoms with Gasteiger partial charge < -0.3 is 4.55 Å². The van der Waals surface area contributed by atoms with E-state index in [2.05, 4.69) is 9.97 Å². The number of nitrogens with zero attached hydrogens (tertiary/aromatic N) is 2. The van der Waals surface area contributed by atoms with E-state index in [1.807, 2.05) is 0 Å². The average Bonchev–Trinajstić information content (AvgIpc) is 1.90. The molecule has 0 aliphatic rings. The van der Waals surface area contributed by atoms with Crippen molar-refractivity contribution >= 4 is 40.6 Å². The molecule has 0 spiro atoms. The summed E-state index contributed by atoms with van der Waals surface area (Å²) < 4.78 is 18.6. The van der Waals surface area contributed by atoms with Crippen LogP contribution < -0.4 is 0 Å². The summed E-state index contributed by atoms with van der Waals surface area (Å²) in [5.74, 6) is 0. The molecule has 1 atom stereocenters. The average molecular weight is 168 g/mol. The summed E-state index contributed by atoms with van der Waals surface area (Å²) in [7, 11) is 0. The molecule has 0 aromatic carbocycles. The second-order valence-electron chi connectivity index (χ2n) is 1.29. The van der Waals surface area contributed by atoms with Gasteiger partial charge in [-0.3, -0.25) is 4.98 Å². The van der Waals surface area contributed by atoms with Crippen LogP contribution in [-0.4, -0.2) is 48.3 Å². The summed E-state index contributed by atoms with van der Waals surface area (Å²) >= 11 is -2.00. The third-order valence-electron chi connectivity index (χ3n) is 0.718. The Labute approximate surface area is 82.7 Å². The Morgan fingerprint density at radius 3 is 2.50 bits per heavy atom. The summed E-state index contributed by atoms with van der Waals surface area (Å²) in [6, 6.07) is 0. The minimum atomic E-state index is -2.00. The van der Waals surface area contributed by atoms with Gasteiger partial charge in [-0.1, -0.05) is 0 Å². The molecule has 10 heavy (non-hydrogen) atoms. The first kappa shape index (κ1) is 10.2. The molecule has 4 nitrogen and oxygen atoms in total. The van der Waals surface area contributed by atoms with Crippen LogP contribution in [0.2, 0.25) is 0 Å². The van der Waals surface area contributed by atoms with Crippen molar-refractivity contribution in [2.75, 3.05) is 0 Å². The molecule has 1 unspecified atom stereocenters. The Kier molecular flexibility index (Phi) is 5.02. The maximum absolute atomic E-state index is 10.2. The van der Waals surface area contributed by atoms with Gasteiger partial charge in [0.1, 0.15) is 0 Å². The van der Waals surface area contributed by atoms with Crippen molar-refractivity contribution in [1.29, 1.82) is 0 Å². The van der Waals surface area contributed by atoms with Gasteiger partial charge in [0, 0.05) is 12.4 Å². The van der Waals surface area contributed by atoms with E-state index in [1.165, 1.54) is 18.6 Å². The van der Waals surface area contributed by atoms with Crippen LogP contribution in [0, 0.1) is 0 Å². The molecule has 0 bridgehead atoms. The predicted octanol–water partition coefficient (Wildman–Crippen LogP) is -0.591. The topological polar surface area (TPSA) is 63.1 Å². The number of rotatable bonds is 1. The Bertz CT molecular complexity index is 218. The molecule has 0 aliphatic carbocycles. The molecule has 0 amide bonds. The second kappa shape index (κ2) is 4.92. The van der Waals surface area contributed by atoms with Crippen molar-refractivity contribution in [3.8, 4) is 0 Å². The van der Waals surface area contributed by atoms with Gasteiger partial charge in [0.25, 0.3) is 0 Å². The second-order valence-corrected chi connectivity index (χ2v) is 2.21. The third kappa shape index (κ3) is 2.85. The monoisotopic (exact) mass is 168 g/mol. The summed E-state index contributed by atoms with van der Waals surface area (Å²) in [5, 5.41) is 0.0810. The standard InChI is InChI=1S/C4H4N2O2S.Na.H/c7-9(8)4-3-5-1-2-6-4;;/h1-3H,(H,7,8);;. The fraction of sp³-hybridized carbons (Fsp3) is 0. The van der Waals surface area contributed by atoms with Crippen LogP contribution in [0.5, 0.6) is 0 Å². The molecular formula is C4H5N2NaO2S. The normalized spacial score (nSPS) is 11.7. The number of aromatic nitrogens is 2. The summed E-state index contributed by atoms with van der Waals surface area (Å²) in [5.41, 5.74) is 0. The Hall–Kier alpha value is 0.190. The fourth-order valence-corrected chi connectivity index (χ4v) is 0.678. The van der Waals surface area contributed by atoms with Gasteiger partial charge in [0.05, 0.1) is 6.20 Å². The van der Waals surface area contributed by atoms with Crippen molar-refractivity contribution in [3.63, 3.8) is 0 Å². The van der Waals surface area contributed by atoms with E-state index in [0.29, 0.717) is 0 Å². The SMILES string of the molecule is O=S(O)c1cnccn1.[NaH]. The van der Waals surface area contributed by atoms with Gasteiger partial charge in [-0.05, 0) is 0 Å². The molecule has 1 aromatic heterocycles. The Balaban J connectivity index is 0.000000810. The van der Waals surface area contributed by atoms with Crippen LogP contribution in [0.25, 0.3) is 0 Å². The molecule has 1 N–H and O–H groups in total. The van der Waals surface area contributed by atoms with E-state index in [1.54, 1.807) is 0 Å². The molecule has 50 valence electrons. The van der Waals surface area contributed by atoms with Crippen molar-refractivity contribution < 1.29 is 8.76 Å². The molecule has 1 aromatic rings. The van der Waals surface area contributed by atoms with E-state index in [9.17, 15) is 4.21 Å². The van der Waals surface area contributed by atoms with Crippen LogP contribution in [0.1, 0.15) is 0 Å². The van der Waals surface area contributed by atoms with Crippen LogP contribution in [-0.2, 0) is 11.1 Å². The molecular weight excluding hydrogens is 163 g/mol. The Morgan fingerprint density at radius 2 is 2.20 bits per heavy atom. The van der Waals surface area contributed by atoms with E-state index in [-0.39, 0.29) is 34.6 Å². The zero-order valence-electron chi connectivity index (χ0n) is 4.39. The zero-order chi connectivity index (χ0) is 6.69. The predicted molar refractivity (Wildman–Crippen MR) is 38.2 cm³/mol. The molecule has 0 saturated carbocycles. The van der Waals surface area contributed by atoms with Crippen molar-refractivity contribution in [2.24, 2.45) is 0 Å². The van der Waals surface area contributed by atoms with E-state index >= 15 is 0 Å². The summed E-state index contributed by atoms with van der Waals surface area (Å²) in [4.78, 5) is 7.16. The van der Waals surface area contributed by atoms with Crippen LogP contribution in [0.15, 0.2) is 23.6 Å². The van der Waals surface area contributed by atoms with E-state index in [4.69, 9.17) is 4.55 Å². The fourth-order valence-electron chi connectivity index (χ4n) is 0.376. The van der Waals surface area contributed by atoms with E-state index in [0.717, 1.165) is 0 Å². The van der Waals surface area contributed by atoms with Crippen LogP contribution in [0.4, 0.5) is 0 Å². The molecule has 1 heterocycles. The summed E-state index contributed by atoms with van der Waals surface area (Å²) in [6.07, 6.45) is 4.05. The Morgan fingerprint density at radius 1 is 1.50 bits per heavy atom. The summed E-state index contributed by atoms with van der Waals surface area (Å²) in [6.45, 7) is 0. The molecule has 6 heteroatoms. The van der Waals surface area contributed by atoms with Crippen molar-refractivity contribution in [1.82, 2.24) is 9.97 Å². The molecule has 1 rings (SSSR count). The van der Waals surface area contributed by atoms with Gasteiger partial charge in [-0.15, -0.1) is 0 Å². The quantitative estimate of drug-likeness (QED) is 0.449. The zero-order valence-corrected chi connectivity index (χ0v) is 5.21. The van der Waals surface area contributed by atoms with Gasteiger partial charge in [-0.2, -0.15) is 0 Å². The molecule has 0 aliphatic heterocycles. The first-order chi connectivity index (χ1) is 4.30. The first-order valence-electron chi connectivity index (χ1n) is 2.17. The van der Waals surface area contributed by atoms with Crippen molar-refractivity contribution in [3.05, 3.63) is 18.6 Å². The van der Waals surface area contributed by atoms with Crippen LogP contribution >= 0.6 is 0 Å². The van der Waals surface area contributed by atoms with Gasteiger partial charge >= 0.3 is 29.6 Å². The first-order valence-corrected chi connectivity index (χ1v) is 3.28. The van der Waals surface area contributed by atoms with Gasteiger partial charge in [0.2, 0.25) is 11.1 Å². The molecule has 0 fully saturated rings. The minimum absolute atomic E-state index is 0. The van der Waals surface area contributed by atoms with Gasteiger partial charge in [-0.25, -0.2) is 9.19 Å². The van der Waals surface area contributed by atoms with Crippen molar-refractivity contribution in [2.45, 2.75) is 5.03 Å². The molecule has 0 radical (unpaired) electrons. The van der Waals surface area contributed by atoms with Gasteiger partial charge in [0.15, 0.2) is 5.03 Å². The number of hydrogen-bond acceptors (Lipinski definition) is 3. The maximum atomic E-state index is 10.2. The third-order valence-corrected chi connectivity index (χ3v) is 1.29. The number of hydrogen-bond donors (Lipinski definition) is 1.